The highest BCUT2D eigenvalue weighted by Crippen LogP contribution is 2.35. The lowest BCUT2D eigenvalue weighted by atomic mass is 9.88. The number of nitrogens with one attached hydrogen (secondary N) is 2. The minimum absolute atomic E-state index is 0.0777. The Morgan fingerprint density at radius 2 is 1.86 bits per heavy atom. The third kappa shape index (κ3) is 3.83. The summed E-state index contributed by atoms with van der Waals surface area (Å²) in [5.41, 5.74) is 1.86. The van der Waals surface area contributed by atoms with Crippen LogP contribution in [-0.4, -0.2) is 31.1 Å². The molecule has 1 aliphatic rings. The van der Waals surface area contributed by atoms with Gasteiger partial charge in [-0.15, -0.1) is 0 Å². The summed E-state index contributed by atoms with van der Waals surface area (Å²) < 4.78 is 1.74. The molecule has 4 heterocycles. The number of benzene rings is 1. The van der Waals surface area contributed by atoms with Gasteiger partial charge >= 0.3 is 5.69 Å². The van der Waals surface area contributed by atoms with Gasteiger partial charge < -0.3 is 10.3 Å². The number of pyridine rings is 2. The number of nitrogens with zero attached hydrogens (tertiary/aromatic N) is 4. The lowest BCUT2D eigenvalue weighted by Gasteiger charge is -2.28. The van der Waals surface area contributed by atoms with Gasteiger partial charge in [-0.3, -0.25) is 14.3 Å². The van der Waals surface area contributed by atoms with Crippen LogP contribution in [0.1, 0.15) is 50.6 Å². The van der Waals surface area contributed by atoms with Crippen LogP contribution in [0.4, 0.5) is 0 Å². The van der Waals surface area contributed by atoms with Crippen molar-refractivity contribution in [2.24, 2.45) is 10.4 Å². The molecule has 0 spiro atoms. The smallest absolute Gasteiger partial charge is 0.317 e. The van der Waals surface area contributed by atoms with E-state index >= 15 is 0 Å². The number of aliphatic imine (C=N–C) groups is 1. The maximum Gasteiger partial charge on any atom is 0.326 e. The number of hydrogen-bond acceptors (Lipinski definition) is 5. The topological polar surface area (TPSA) is 105 Å². The fraction of sp³-hybridized carbons (Fsp3) is 0.269. The molecule has 5 rings (SSSR count). The molecule has 35 heavy (non-hydrogen) atoms. The van der Waals surface area contributed by atoms with Crippen molar-refractivity contribution in [3.63, 3.8) is 0 Å². The van der Waals surface area contributed by atoms with Gasteiger partial charge in [0.25, 0.3) is 5.91 Å². The summed E-state index contributed by atoms with van der Waals surface area (Å²) >= 11 is 6.01. The molecule has 2 atom stereocenters. The number of amides is 1. The van der Waals surface area contributed by atoms with E-state index in [1.54, 1.807) is 53.4 Å². The highest BCUT2D eigenvalue weighted by molar-refractivity contribution is 6.47. The third-order valence-electron chi connectivity index (χ3n) is 6.60. The normalized spacial score (nSPS) is 19.0. The van der Waals surface area contributed by atoms with Crippen LogP contribution in [-0.2, 0) is 10.5 Å². The molecule has 1 aliphatic heterocycles. The Hall–Kier alpha value is -3.78. The van der Waals surface area contributed by atoms with Gasteiger partial charge in [0.1, 0.15) is 10.9 Å². The Morgan fingerprint density at radius 1 is 1.06 bits per heavy atom. The molecule has 0 bridgehead atoms. The molecule has 178 valence electrons. The largest absolute Gasteiger partial charge is 0.326 e. The van der Waals surface area contributed by atoms with Gasteiger partial charge in [0.05, 0.1) is 16.7 Å². The molecule has 9 heteroatoms. The average molecular weight is 489 g/mol. The molecule has 1 amide bonds. The summed E-state index contributed by atoms with van der Waals surface area (Å²) in [5, 5.41) is 3.35. The van der Waals surface area contributed by atoms with Crippen LogP contribution in [0.2, 0.25) is 5.15 Å². The Kier molecular flexibility index (Phi) is 5.36. The number of carbonyl (C=O) groups excluding carboxylic acids is 1. The maximum absolute atomic E-state index is 13.3. The van der Waals surface area contributed by atoms with Gasteiger partial charge in [-0.1, -0.05) is 44.5 Å². The molecule has 0 saturated carbocycles. The van der Waals surface area contributed by atoms with Crippen molar-refractivity contribution in [2.75, 3.05) is 0 Å². The van der Waals surface area contributed by atoms with E-state index < -0.39 is 5.66 Å². The first-order chi connectivity index (χ1) is 16.6. The number of carbonyl (C=O) groups is 1. The van der Waals surface area contributed by atoms with Gasteiger partial charge in [-0.2, -0.15) is 0 Å². The van der Waals surface area contributed by atoms with E-state index in [0.717, 1.165) is 0 Å². The fourth-order valence-corrected chi connectivity index (χ4v) is 4.39. The molecule has 2 N–H and O–H groups in total. The standard InChI is InChI=1S/C26H25ClN6O2/c1-15(25(2,3)4)33-19-13-16(8-10-18(19)30-24(33)35)22-23(34)32-26(31-22,20-7-5-6-12-28-20)17-9-11-21(27)29-14-17/h5-15H,1-4H3,(H,30,35)(H,32,34)/t15-,26+/m1/s1. The zero-order valence-electron chi connectivity index (χ0n) is 19.8. The maximum atomic E-state index is 13.3. The molecule has 0 radical (unpaired) electrons. The Morgan fingerprint density at radius 3 is 2.51 bits per heavy atom. The Bertz CT molecular complexity index is 1520. The summed E-state index contributed by atoms with van der Waals surface area (Å²) in [6.45, 7) is 8.27. The van der Waals surface area contributed by atoms with Crippen molar-refractivity contribution in [3.05, 3.63) is 93.4 Å². The van der Waals surface area contributed by atoms with E-state index in [1.807, 2.05) is 19.1 Å². The summed E-state index contributed by atoms with van der Waals surface area (Å²) in [4.78, 5) is 42.6. The van der Waals surface area contributed by atoms with Crippen molar-refractivity contribution >= 4 is 34.3 Å². The molecule has 0 aliphatic carbocycles. The second-order valence-corrected chi connectivity index (χ2v) is 10.2. The lowest BCUT2D eigenvalue weighted by molar-refractivity contribution is -0.115. The van der Waals surface area contributed by atoms with Crippen molar-refractivity contribution in [3.8, 4) is 0 Å². The van der Waals surface area contributed by atoms with E-state index in [4.69, 9.17) is 16.6 Å². The van der Waals surface area contributed by atoms with Crippen LogP contribution in [0.5, 0.6) is 0 Å². The molecule has 4 aromatic rings. The SMILES string of the molecule is C[C@@H](n1c(=O)[nH]c2ccc(C3=N[C@](c4ccc(Cl)nc4)(c4ccccn4)NC3=O)cc21)C(C)(C)C. The number of aromatic nitrogens is 4. The monoisotopic (exact) mass is 488 g/mol. The van der Waals surface area contributed by atoms with Crippen LogP contribution < -0.4 is 11.0 Å². The fourth-order valence-electron chi connectivity index (χ4n) is 4.28. The Balaban J connectivity index is 1.70. The number of rotatable bonds is 4. The molecule has 3 aromatic heterocycles. The van der Waals surface area contributed by atoms with Crippen molar-refractivity contribution in [1.29, 1.82) is 0 Å². The predicted molar refractivity (Wildman–Crippen MR) is 136 cm³/mol. The van der Waals surface area contributed by atoms with Crippen LogP contribution >= 0.6 is 11.6 Å². The van der Waals surface area contributed by atoms with Gasteiger partial charge in [0, 0.05) is 29.6 Å². The van der Waals surface area contributed by atoms with Crippen LogP contribution in [0.3, 0.4) is 0 Å². The summed E-state index contributed by atoms with van der Waals surface area (Å²) in [5.74, 6) is -0.349. The number of halogens is 1. The van der Waals surface area contributed by atoms with Crippen LogP contribution in [0, 0.1) is 5.41 Å². The molecule has 0 unspecified atom stereocenters. The molecule has 1 aromatic carbocycles. The zero-order chi connectivity index (χ0) is 25.0. The third-order valence-corrected chi connectivity index (χ3v) is 6.83. The summed E-state index contributed by atoms with van der Waals surface area (Å²) in [6, 6.07) is 14.2. The Labute approximate surface area is 207 Å². The second-order valence-electron chi connectivity index (χ2n) is 9.78. The van der Waals surface area contributed by atoms with Gasteiger partial charge in [0.2, 0.25) is 5.66 Å². The first-order valence-electron chi connectivity index (χ1n) is 11.3. The average Bonchev–Trinajstić information content (AvgIpc) is 3.35. The highest BCUT2D eigenvalue weighted by atomic mass is 35.5. The second kappa shape index (κ2) is 8.16. The molecule has 0 fully saturated rings. The zero-order valence-corrected chi connectivity index (χ0v) is 20.6. The van der Waals surface area contributed by atoms with Crippen LogP contribution in [0.15, 0.2) is 70.7 Å². The number of H-pyrrole nitrogens is 1. The number of hydrogen-bond donors (Lipinski definition) is 2. The molecule has 0 saturated heterocycles. The van der Waals surface area contributed by atoms with Gasteiger partial charge in [-0.25, -0.2) is 14.8 Å². The quantitative estimate of drug-likeness (QED) is 0.420. The molecular formula is C26H25ClN6O2. The number of imidazole rings is 1. The van der Waals surface area contributed by atoms with Crippen molar-refractivity contribution in [2.45, 2.75) is 39.4 Å². The minimum atomic E-state index is -1.25. The summed E-state index contributed by atoms with van der Waals surface area (Å²) in [6.07, 6.45) is 3.24. The first-order valence-corrected chi connectivity index (χ1v) is 11.7. The minimum Gasteiger partial charge on any atom is -0.317 e. The van der Waals surface area contributed by atoms with E-state index in [-0.39, 0.29) is 28.8 Å². The van der Waals surface area contributed by atoms with Crippen molar-refractivity contribution < 1.29 is 4.79 Å². The van der Waals surface area contributed by atoms with Gasteiger partial charge in [-0.05, 0) is 48.7 Å². The predicted octanol–water partition coefficient (Wildman–Crippen LogP) is 4.20. The summed E-state index contributed by atoms with van der Waals surface area (Å²) in [7, 11) is 0. The first kappa shape index (κ1) is 23.0. The van der Waals surface area contributed by atoms with Gasteiger partial charge in [0.15, 0.2) is 0 Å². The van der Waals surface area contributed by atoms with Crippen LogP contribution in [0.25, 0.3) is 11.0 Å². The van der Waals surface area contributed by atoms with E-state index in [1.165, 1.54) is 0 Å². The molecular weight excluding hydrogens is 464 g/mol. The lowest BCUT2D eigenvalue weighted by Crippen LogP contribution is -2.41. The van der Waals surface area contributed by atoms with E-state index in [0.29, 0.717) is 33.0 Å². The van der Waals surface area contributed by atoms with E-state index in [9.17, 15) is 9.59 Å². The highest BCUT2D eigenvalue weighted by Gasteiger charge is 2.44. The molecule has 8 nitrogen and oxygen atoms in total. The van der Waals surface area contributed by atoms with E-state index in [2.05, 4.69) is 41.0 Å². The number of aromatic amines is 1. The number of fused-ring (bicyclic) bond motifs is 1. The van der Waals surface area contributed by atoms with Crippen molar-refractivity contribution in [1.82, 2.24) is 24.8 Å².